The van der Waals surface area contributed by atoms with E-state index in [2.05, 4.69) is 11.1 Å². The third kappa shape index (κ3) is 3.63. The number of hydrogen-bond donors (Lipinski definition) is 0. The minimum atomic E-state index is 0.418. The highest BCUT2D eigenvalue weighted by Crippen LogP contribution is 2.31. The predicted molar refractivity (Wildman–Crippen MR) is 103 cm³/mol. The van der Waals surface area contributed by atoms with E-state index in [0.717, 1.165) is 11.3 Å². The first-order chi connectivity index (χ1) is 11.6. The molecular formula is C18H9Cl3N2S. The van der Waals surface area contributed by atoms with Gasteiger partial charge in [0.1, 0.15) is 11.1 Å². The van der Waals surface area contributed by atoms with Gasteiger partial charge >= 0.3 is 0 Å². The number of rotatable bonds is 3. The summed E-state index contributed by atoms with van der Waals surface area (Å²) in [5, 5.41) is 13.5. The van der Waals surface area contributed by atoms with Gasteiger partial charge < -0.3 is 0 Å². The van der Waals surface area contributed by atoms with Gasteiger partial charge in [-0.25, -0.2) is 4.98 Å². The molecule has 0 atom stereocenters. The molecule has 0 aliphatic carbocycles. The Morgan fingerprint density at radius 3 is 2.54 bits per heavy atom. The van der Waals surface area contributed by atoms with Gasteiger partial charge in [0.2, 0.25) is 0 Å². The maximum Gasteiger partial charge on any atom is 0.134 e. The van der Waals surface area contributed by atoms with E-state index >= 15 is 0 Å². The standard InChI is InChI=1S/C18H9Cl3N2S/c19-14-6-4-11(5-7-14)16-10-24-18(23-16)13(9-22)8-12-2-1-3-15(20)17(12)21/h1-8,10H/b13-8-. The van der Waals surface area contributed by atoms with E-state index in [0.29, 0.717) is 31.2 Å². The highest BCUT2D eigenvalue weighted by atomic mass is 35.5. The van der Waals surface area contributed by atoms with E-state index in [4.69, 9.17) is 34.8 Å². The van der Waals surface area contributed by atoms with Crippen molar-refractivity contribution in [2.24, 2.45) is 0 Å². The molecule has 0 amide bonds. The lowest BCUT2D eigenvalue weighted by molar-refractivity contribution is 1.37. The number of halogens is 3. The van der Waals surface area contributed by atoms with Crippen LogP contribution < -0.4 is 0 Å². The second-order valence-corrected chi connectivity index (χ2v) is 6.94. The van der Waals surface area contributed by atoms with Crippen molar-refractivity contribution in [3.63, 3.8) is 0 Å². The van der Waals surface area contributed by atoms with Gasteiger partial charge in [0.05, 0.1) is 21.3 Å². The number of benzene rings is 2. The van der Waals surface area contributed by atoms with Crippen LogP contribution in [0.25, 0.3) is 22.9 Å². The van der Waals surface area contributed by atoms with Crippen LogP contribution in [0.4, 0.5) is 0 Å². The Balaban J connectivity index is 1.98. The van der Waals surface area contributed by atoms with E-state index in [1.807, 2.05) is 29.6 Å². The van der Waals surface area contributed by atoms with Gasteiger partial charge in [-0.05, 0) is 29.8 Å². The molecule has 0 fully saturated rings. The molecule has 0 unspecified atom stereocenters. The monoisotopic (exact) mass is 390 g/mol. The molecule has 0 spiro atoms. The summed E-state index contributed by atoms with van der Waals surface area (Å²) in [7, 11) is 0. The third-order valence-corrected chi connectivity index (χ3v) is 5.24. The van der Waals surface area contributed by atoms with Gasteiger partial charge in [0.25, 0.3) is 0 Å². The van der Waals surface area contributed by atoms with Crippen molar-refractivity contribution in [2.75, 3.05) is 0 Å². The van der Waals surface area contributed by atoms with Crippen molar-refractivity contribution < 1.29 is 0 Å². The molecule has 1 heterocycles. The van der Waals surface area contributed by atoms with Crippen LogP contribution in [0.1, 0.15) is 10.6 Å². The summed E-state index contributed by atoms with van der Waals surface area (Å²) in [6.07, 6.45) is 1.69. The third-order valence-electron chi connectivity index (χ3n) is 3.28. The van der Waals surface area contributed by atoms with Crippen LogP contribution in [0, 0.1) is 11.3 Å². The number of allylic oxidation sites excluding steroid dienone is 1. The number of thiazole rings is 1. The molecule has 1 aromatic heterocycles. The Kier molecular flexibility index (Phi) is 5.23. The summed E-state index contributed by atoms with van der Waals surface area (Å²) in [4.78, 5) is 4.54. The topological polar surface area (TPSA) is 36.7 Å². The van der Waals surface area contributed by atoms with E-state index in [1.165, 1.54) is 11.3 Å². The van der Waals surface area contributed by atoms with Crippen LogP contribution in [0.15, 0.2) is 47.8 Å². The summed E-state index contributed by atoms with van der Waals surface area (Å²) >= 11 is 19.5. The maximum atomic E-state index is 9.47. The summed E-state index contributed by atoms with van der Waals surface area (Å²) in [6.45, 7) is 0. The minimum absolute atomic E-state index is 0.418. The Bertz CT molecular complexity index is 953. The highest BCUT2D eigenvalue weighted by molar-refractivity contribution is 7.11. The van der Waals surface area contributed by atoms with Crippen molar-refractivity contribution >= 4 is 57.8 Å². The first kappa shape index (κ1) is 17.0. The Morgan fingerprint density at radius 1 is 1.08 bits per heavy atom. The minimum Gasteiger partial charge on any atom is -0.235 e. The molecule has 6 heteroatoms. The SMILES string of the molecule is N#C/C(=C/c1cccc(Cl)c1Cl)c1nc(-c2ccc(Cl)cc2)cs1. The molecule has 0 saturated carbocycles. The largest absolute Gasteiger partial charge is 0.235 e. The van der Waals surface area contributed by atoms with Gasteiger partial charge in [-0.15, -0.1) is 11.3 Å². The fraction of sp³-hybridized carbons (Fsp3) is 0. The molecule has 0 N–H and O–H groups in total. The fourth-order valence-electron chi connectivity index (χ4n) is 2.08. The maximum absolute atomic E-state index is 9.47. The zero-order valence-corrected chi connectivity index (χ0v) is 15.2. The smallest absolute Gasteiger partial charge is 0.134 e. The average Bonchev–Trinajstić information content (AvgIpc) is 3.06. The molecule has 118 valence electrons. The summed E-state index contributed by atoms with van der Waals surface area (Å²) in [5.74, 6) is 0. The van der Waals surface area contributed by atoms with E-state index in [1.54, 1.807) is 24.3 Å². The summed E-state index contributed by atoms with van der Waals surface area (Å²) < 4.78 is 0. The molecule has 3 rings (SSSR count). The first-order valence-electron chi connectivity index (χ1n) is 6.86. The van der Waals surface area contributed by atoms with Crippen molar-refractivity contribution in [3.8, 4) is 17.3 Å². The second-order valence-electron chi connectivity index (χ2n) is 4.86. The van der Waals surface area contributed by atoms with E-state index in [-0.39, 0.29) is 0 Å². The molecule has 0 radical (unpaired) electrons. The fourth-order valence-corrected chi connectivity index (χ4v) is 3.36. The summed E-state index contributed by atoms with van der Waals surface area (Å²) in [6, 6.07) is 14.9. The van der Waals surface area contributed by atoms with Crippen molar-refractivity contribution in [1.82, 2.24) is 4.98 Å². The van der Waals surface area contributed by atoms with E-state index in [9.17, 15) is 5.26 Å². The molecule has 0 aliphatic heterocycles. The second kappa shape index (κ2) is 7.38. The lowest BCUT2D eigenvalue weighted by Gasteiger charge is -2.01. The van der Waals surface area contributed by atoms with Crippen molar-refractivity contribution in [3.05, 3.63) is 73.5 Å². The zero-order chi connectivity index (χ0) is 17.1. The molecular weight excluding hydrogens is 383 g/mol. The molecule has 3 aromatic rings. The normalized spacial score (nSPS) is 11.3. The molecule has 0 bridgehead atoms. The Morgan fingerprint density at radius 2 is 1.83 bits per heavy atom. The Hall–Kier alpha value is -1.83. The molecule has 0 saturated heterocycles. The van der Waals surface area contributed by atoms with Crippen molar-refractivity contribution in [2.45, 2.75) is 0 Å². The number of hydrogen-bond acceptors (Lipinski definition) is 3. The zero-order valence-electron chi connectivity index (χ0n) is 12.1. The number of nitrogens with zero attached hydrogens (tertiary/aromatic N) is 2. The quantitative estimate of drug-likeness (QED) is 0.458. The highest BCUT2D eigenvalue weighted by Gasteiger charge is 2.11. The lowest BCUT2D eigenvalue weighted by atomic mass is 10.1. The van der Waals surface area contributed by atoms with Gasteiger partial charge in [0, 0.05) is 16.0 Å². The van der Waals surface area contributed by atoms with Crippen LogP contribution in [0.3, 0.4) is 0 Å². The van der Waals surface area contributed by atoms with Crippen LogP contribution >= 0.6 is 46.1 Å². The van der Waals surface area contributed by atoms with Crippen molar-refractivity contribution in [1.29, 1.82) is 5.26 Å². The summed E-state index contributed by atoms with van der Waals surface area (Å²) in [5.41, 5.74) is 2.86. The predicted octanol–water partition coefficient (Wildman–Crippen LogP) is 6.83. The van der Waals surface area contributed by atoms with Crippen LogP contribution in [-0.4, -0.2) is 4.98 Å². The van der Waals surface area contributed by atoms with Gasteiger partial charge in [-0.2, -0.15) is 5.26 Å². The van der Waals surface area contributed by atoms with Gasteiger partial charge in [0.15, 0.2) is 0 Å². The number of nitriles is 1. The lowest BCUT2D eigenvalue weighted by Crippen LogP contribution is -1.84. The molecule has 0 aliphatic rings. The van der Waals surface area contributed by atoms with Crippen LogP contribution in [-0.2, 0) is 0 Å². The first-order valence-corrected chi connectivity index (χ1v) is 8.87. The Labute approximate surface area is 158 Å². The van der Waals surface area contributed by atoms with Crippen LogP contribution in [0.5, 0.6) is 0 Å². The molecule has 2 nitrogen and oxygen atoms in total. The molecule has 24 heavy (non-hydrogen) atoms. The number of aromatic nitrogens is 1. The molecule has 2 aromatic carbocycles. The average molecular weight is 392 g/mol. The van der Waals surface area contributed by atoms with Gasteiger partial charge in [-0.3, -0.25) is 0 Å². The van der Waals surface area contributed by atoms with Crippen LogP contribution in [0.2, 0.25) is 15.1 Å². The van der Waals surface area contributed by atoms with E-state index < -0.39 is 0 Å². The van der Waals surface area contributed by atoms with Gasteiger partial charge in [-0.1, -0.05) is 59.1 Å².